The Morgan fingerprint density at radius 2 is 2.17 bits per heavy atom. The predicted molar refractivity (Wildman–Crippen MR) is 108 cm³/mol. The Kier molecular flexibility index (Phi) is 4.89. The molecule has 0 radical (unpaired) electrons. The number of fused-ring (bicyclic) bond motifs is 2. The Morgan fingerprint density at radius 1 is 1.38 bits per heavy atom. The SMILES string of the molecule is COc1cccc2cc(C(=O)Nc3nc4c(s3)CN(S(C)(=O)=O)CC4)c(=O)oc12. The molecule has 0 bridgehead atoms. The first-order valence-electron chi connectivity index (χ1n) is 8.62. The molecule has 4 rings (SSSR count). The van der Waals surface area contributed by atoms with E-state index in [9.17, 15) is 18.0 Å². The van der Waals surface area contributed by atoms with E-state index in [4.69, 9.17) is 9.15 Å². The number of nitrogens with one attached hydrogen (secondary N) is 1. The molecule has 11 heteroatoms. The van der Waals surface area contributed by atoms with Gasteiger partial charge >= 0.3 is 5.63 Å². The van der Waals surface area contributed by atoms with E-state index in [2.05, 4.69) is 10.3 Å². The van der Waals surface area contributed by atoms with Crippen LogP contribution >= 0.6 is 11.3 Å². The molecule has 152 valence electrons. The number of methoxy groups -OCH3 is 1. The Labute approximate surface area is 170 Å². The average Bonchev–Trinajstić information content (AvgIpc) is 3.07. The molecular weight excluding hydrogens is 418 g/mol. The number of ether oxygens (including phenoxy) is 1. The van der Waals surface area contributed by atoms with Crippen molar-refractivity contribution in [2.45, 2.75) is 13.0 Å². The summed E-state index contributed by atoms with van der Waals surface area (Å²) < 4.78 is 35.3. The molecule has 0 fully saturated rings. The van der Waals surface area contributed by atoms with E-state index in [0.29, 0.717) is 29.2 Å². The number of carbonyl (C=O) groups is 1. The fraction of sp³-hybridized carbons (Fsp3) is 0.278. The summed E-state index contributed by atoms with van der Waals surface area (Å²) in [6, 6.07) is 6.54. The number of benzene rings is 1. The van der Waals surface area contributed by atoms with Gasteiger partial charge in [-0.05, 0) is 12.1 Å². The van der Waals surface area contributed by atoms with Crippen LogP contribution in [0.4, 0.5) is 5.13 Å². The Bertz CT molecular complexity index is 1280. The average molecular weight is 435 g/mol. The molecule has 1 aromatic carbocycles. The van der Waals surface area contributed by atoms with E-state index in [1.54, 1.807) is 18.2 Å². The van der Waals surface area contributed by atoms with Gasteiger partial charge in [0.2, 0.25) is 10.0 Å². The number of amides is 1. The largest absolute Gasteiger partial charge is 0.493 e. The molecule has 9 nitrogen and oxygen atoms in total. The van der Waals surface area contributed by atoms with Crippen LogP contribution in [0.3, 0.4) is 0 Å². The quantitative estimate of drug-likeness (QED) is 0.621. The van der Waals surface area contributed by atoms with Crippen molar-refractivity contribution in [3.63, 3.8) is 0 Å². The molecule has 1 N–H and O–H groups in total. The number of anilines is 1. The van der Waals surface area contributed by atoms with Crippen LogP contribution in [0.2, 0.25) is 0 Å². The third-order valence-corrected chi connectivity index (χ3v) is 6.82. The van der Waals surface area contributed by atoms with Crippen LogP contribution in [-0.2, 0) is 23.0 Å². The van der Waals surface area contributed by atoms with Crippen LogP contribution in [0.1, 0.15) is 20.9 Å². The summed E-state index contributed by atoms with van der Waals surface area (Å²) in [5, 5.41) is 3.47. The van der Waals surface area contributed by atoms with Gasteiger partial charge in [-0.2, -0.15) is 4.31 Å². The van der Waals surface area contributed by atoms with Gasteiger partial charge in [0.15, 0.2) is 16.5 Å². The first-order chi connectivity index (χ1) is 13.8. The van der Waals surface area contributed by atoms with Gasteiger partial charge in [0.25, 0.3) is 5.91 Å². The van der Waals surface area contributed by atoms with E-state index < -0.39 is 21.6 Å². The molecule has 0 saturated carbocycles. The molecule has 2 aromatic heterocycles. The second-order valence-corrected chi connectivity index (χ2v) is 9.58. The second kappa shape index (κ2) is 7.25. The van der Waals surface area contributed by atoms with Crippen molar-refractivity contribution >= 4 is 43.4 Å². The minimum Gasteiger partial charge on any atom is -0.493 e. The third kappa shape index (κ3) is 3.76. The van der Waals surface area contributed by atoms with Crippen molar-refractivity contribution in [3.05, 3.63) is 50.8 Å². The van der Waals surface area contributed by atoms with Crippen LogP contribution in [0.5, 0.6) is 5.75 Å². The fourth-order valence-corrected chi connectivity index (χ4v) is 5.00. The maximum absolute atomic E-state index is 12.6. The van der Waals surface area contributed by atoms with Crippen molar-refractivity contribution in [1.82, 2.24) is 9.29 Å². The van der Waals surface area contributed by atoms with Gasteiger partial charge in [-0.3, -0.25) is 10.1 Å². The zero-order valence-corrected chi connectivity index (χ0v) is 17.2. The minimum atomic E-state index is -3.30. The Morgan fingerprint density at radius 3 is 2.90 bits per heavy atom. The van der Waals surface area contributed by atoms with Gasteiger partial charge in [0.1, 0.15) is 5.56 Å². The topological polar surface area (TPSA) is 119 Å². The number of nitrogens with zero attached hydrogens (tertiary/aromatic N) is 2. The summed E-state index contributed by atoms with van der Waals surface area (Å²) in [5.41, 5.74) is 0.0726. The molecular formula is C18H17N3O6S2. The first-order valence-corrected chi connectivity index (χ1v) is 11.3. The highest BCUT2D eigenvalue weighted by Gasteiger charge is 2.27. The smallest absolute Gasteiger partial charge is 0.349 e. The zero-order valence-electron chi connectivity index (χ0n) is 15.6. The number of hydrogen-bond acceptors (Lipinski definition) is 8. The summed E-state index contributed by atoms with van der Waals surface area (Å²) in [7, 11) is -1.83. The van der Waals surface area contributed by atoms with Crippen molar-refractivity contribution in [2.24, 2.45) is 0 Å². The zero-order chi connectivity index (χ0) is 20.8. The highest BCUT2D eigenvalue weighted by atomic mass is 32.2. The molecule has 1 aliphatic heterocycles. The molecule has 0 aliphatic carbocycles. The predicted octanol–water partition coefficient (Wildman–Crippen LogP) is 1.83. The molecule has 0 spiro atoms. The summed E-state index contributed by atoms with van der Waals surface area (Å²) in [6.45, 7) is 0.568. The maximum atomic E-state index is 12.6. The molecule has 0 saturated heterocycles. The van der Waals surface area contributed by atoms with E-state index in [0.717, 1.165) is 16.8 Å². The highest BCUT2D eigenvalue weighted by molar-refractivity contribution is 7.88. The van der Waals surface area contributed by atoms with Crippen LogP contribution in [-0.4, -0.2) is 43.5 Å². The lowest BCUT2D eigenvalue weighted by atomic mass is 10.1. The van der Waals surface area contributed by atoms with Crippen molar-refractivity contribution in [3.8, 4) is 5.75 Å². The number of carbonyl (C=O) groups excluding carboxylic acids is 1. The third-order valence-electron chi connectivity index (χ3n) is 4.57. The normalized spacial score (nSPS) is 14.6. The summed E-state index contributed by atoms with van der Waals surface area (Å²) in [6.07, 6.45) is 1.63. The maximum Gasteiger partial charge on any atom is 0.349 e. The van der Waals surface area contributed by atoms with Gasteiger partial charge < -0.3 is 9.15 Å². The standard InChI is InChI=1S/C18H17N3O6S2/c1-26-13-5-3-4-10-8-11(17(23)27-15(10)13)16(22)20-18-19-12-6-7-21(29(2,24)25)9-14(12)28-18/h3-5,8H,6-7,9H2,1-2H3,(H,19,20,22). The number of para-hydroxylation sites is 1. The van der Waals surface area contributed by atoms with Crippen molar-refractivity contribution in [1.29, 1.82) is 0 Å². The van der Waals surface area contributed by atoms with Crippen LogP contribution in [0.25, 0.3) is 11.0 Å². The van der Waals surface area contributed by atoms with E-state index in [-0.39, 0.29) is 17.7 Å². The van der Waals surface area contributed by atoms with Gasteiger partial charge in [0, 0.05) is 29.8 Å². The Balaban J connectivity index is 1.60. The number of hydrogen-bond donors (Lipinski definition) is 1. The highest BCUT2D eigenvalue weighted by Crippen LogP contribution is 2.30. The lowest BCUT2D eigenvalue weighted by molar-refractivity contribution is 0.102. The lowest BCUT2D eigenvalue weighted by Gasteiger charge is -2.23. The number of rotatable bonds is 4. The summed E-state index contributed by atoms with van der Waals surface area (Å²) >= 11 is 1.19. The number of aromatic nitrogens is 1. The van der Waals surface area contributed by atoms with Gasteiger partial charge in [-0.15, -0.1) is 11.3 Å². The van der Waals surface area contributed by atoms with Crippen LogP contribution in [0, 0.1) is 0 Å². The molecule has 0 unspecified atom stereocenters. The van der Waals surface area contributed by atoms with Crippen molar-refractivity contribution in [2.75, 3.05) is 25.2 Å². The molecule has 1 amide bonds. The fourth-order valence-electron chi connectivity index (χ4n) is 3.11. The lowest BCUT2D eigenvalue weighted by Crippen LogP contribution is -2.34. The van der Waals surface area contributed by atoms with Crippen LogP contribution < -0.4 is 15.7 Å². The summed E-state index contributed by atoms with van der Waals surface area (Å²) in [5.74, 6) is -0.246. The van der Waals surface area contributed by atoms with Gasteiger partial charge in [0.05, 0.1) is 19.1 Å². The molecule has 0 atom stereocenters. The molecule has 3 heterocycles. The monoisotopic (exact) mass is 435 g/mol. The number of sulfonamides is 1. The van der Waals surface area contributed by atoms with Crippen LogP contribution in [0.15, 0.2) is 33.5 Å². The number of thiazole rings is 1. The minimum absolute atomic E-state index is 0.156. The molecule has 3 aromatic rings. The molecule has 1 aliphatic rings. The van der Waals surface area contributed by atoms with E-state index in [1.165, 1.54) is 28.8 Å². The van der Waals surface area contributed by atoms with Gasteiger partial charge in [-0.25, -0.2) is 18.2 Å². The first kappa shape index (κ1) is 19.6. The Hall–Kier alpha value is -2.76. The van der Waals surface area contributed by atoms with Gasteiger partial charge in [-0.1, -0.05) is 12.1 Å². The van der Waals surface area contributed by atoms with E-state index in [1.807, 2.05) is 0 Å². The molecule has 29 heavy (non-hydrogen) atoms. The van der Waals surface area contributed by atoms with E-state index >= 15 is 0 Å². The second-order valence-electron chi connectivity index (χ2n) is 6.52. The van der Waals surface area contributed by atoms with Crippen molar-refractivity contribution < 1.29 is 22.4 Å². The summed E-state index contributed by atoms with van der Waals surface area (Å²) in [4.78, 5) is 30.1.